The maximum Gasteiger partial charge on any atom is 0.214 e. The number of hydrogen-bond donors (Lipinski definition) is 2. The molecule has 1 heterocycles. The van der Waals surface area contributed by atoms with Crippen molar-refractivity contribution in [1.82, 2.24) is 9.97 Å². The molecule has 3 aromatic rings. The van der Waals surface area contributed by atoms with Gasteiger partial charge in [0.2, 0.25) is 6.41 Å². The Kier molecular flexibility index (Phi) is 8.04. The minimum atomic E-state index is -1.34. The SMILES string of the molecule is CCCC(C)(F)CCc1ccc(C(/C(C(C)=O)=C(\C)O)N(C=O)c2ccc3nc[nH]c3c2)c(F)c1. The molecule has 0 aliphatic heterocycles. The number of hydrogen-bond acceptors (Lipinski definition) is 4. The number of fused-ring (bicyclic) bond motifs is 1. The number of Topliss-reactive ketones (excluding diaryl/α,β-unsaturated/α-hetero) is 1. The van der Waals surface area contributed by atoms with Crippen molar-refractivity contribution in [3.05, 3.63) is 71.0 Å². The molecule has 0 fully saturated rings. The number of aromatic amines is 1. The van der Waals surface area contributed by atoms with Crippen LogP contribution in [0.15, 0.2) is 54.1 Å². The number of aryl methyl sites for hydroxylation is 1. The summed E-state index contributed by atoms with van der Waals surface area (Å²) in [6.45, 7) is 6.04. The lowest BCUT2D eigenvalue weighted by atomic mass is 9.90. The summed E-state index contributed by atoms with van der Waals surface area (Å²) in [5.41, 5.74) is 0.918. The van der Waals surface area contributed by atoms with Crippen LogP contribution in [0.2, 0.25) is 0 Å². The molecule has 0 saturated carbocycles. The molecular weight excluding hydrogens is 452 g/mol. The molecule has 0 aliphatic rings. The average Bonchev–Trinajstić information content (AvgIpc) is 3.25. The molecular formula is C27H31F2N3O3. The maximum absolute atomic E-state index is 15.5. The molecule has 2 atom stereocenters. The first-order chi connectivity index (χ1) is 16.6. The number of imidazole rings is 1. The van der Waals surface area contributed by atoms with E-state index < -0.39 is 23.3 Å². The molecule has 0 saturated heterocycles. The number of nitrogens with zero attached hydrogens (tertiary/aromatic N) is 2. The molecule has 0 radical (unpaired) electrons. The summed E-state index contributed by atoms with van der Waals surface area (Å²) < 4.78 is 30.1. The summed E-state index contributed by atoms with van der Waals surface area (Å²) in [7, 11) is 0. The number of amides is 1. The fraction of sp³-hybridized carbons (Fsp3) is 0.370. The Labute approximate surface area is 203 Å². The topological polar surface area (TPSA) is 86.3 Å². The summed E-state index contributed by atoms with van der Waals surface area (Å²) in [6, 6.07) is 8.24. The molecule has 3 rings (SSSR count). The van der Waals surface area contributed by atoms with Gasteiger partial charge in [-0.25, -0.2) is 13.8 Å². The van der Waals surface area contributed by atoms with Gasteiger partial charge in [0.25, 0.3) is 0 Å². The van der Waals surface area contributed by atoms with Crippen molar-refractivity contribution in [2.24, 2.45) is 0 Å². The molecule has 0 bridgehead atoms. The first kappa shape index (κ1) is 26.1. The molecule has 1 aromatic heterocycles. The highest BCUT2D eigenvalue weighted by Gasteiger charge is 2.32. The summed E-state index contributed by atoms with van der Waals surface area (Å²) >= 11 is 0. The zero-order chi connectivity index (χ0) is 25.8. The van der Waals surface area contributed by atoms with E-state index >= 15 is 4.39 Å². The molecule has 2 N–H and O–H groups in total. The molecule has 2 aromatic carbocycles. The lowest BCUT2D eigenvalue weighted by Gasteiger charge is -2.31. The normalized spacial score (nSPS) is 14.8. The van der Waals surface area contributed by atoms with E-state index in [1.54, 1.807) is 31.2 Å². The van der Waals surface area contributed by atoms with Crippen LogP contribution in [-0.2, 0) is 16.0 Å². The third-order valence-electron chi connectivity index (χ3n) is 6.20. The molecule has 1 amide bonds. The molecule has 186 valence electrons. The van der Waals surface area contributed by atoms with Crippen LogP contribution < -0.4 is 4.90 Å². The molecule has 6 nitrogen and oxygen atoms in total. The van der Waals surface area contributed by atoms with Gasteiger partial charge in [-0.05, 0) is 69.9 Å². The van der Waals surface area contributed by atoms with Crippen LogP contribution in [0.5, 0.6) is 0 Å². The maximum atomic E-state index is 15.5. The lowest BCUT2D eigenvalue weighted by Crippen LogP contribution is -2.32. The minimum Gasteiger partial charge on any atom is -0.512 e. The second-order valence-corrected chi connectivity index (χ2v) is 9.09. The Morgan fingerprint density at radius 1 is 1.23 bits per heavy atom. The van der Waals surface area contributed by atoms with Gasteiger partial charge in [-0.15, -0.1) is 0 Å². The van der Waals surface area contributed by atoms with Gasteiger partial charge in [0, 0.05) is 11.3 Å². The van der Waals surface area contributed by atoms with E-state index in [4.69, 9.17) is 0 Å². The highest BCUT2D eigenvalue weighted by atomic mass is 19.1. The number of rotatable bonds is 11. The Morgan fingerprint density at radius 2 is 1.97 bits per heavy atom. The molecule has 2 unspecified atom stereocenters. The molecule has 8 heteroatoms. The van der Waals surface area contributed by atoms with E-state index in [-0.39, 0.29) is 23.3 Å². The monoisotopic (exact) mass is 483 g/mol. The van der Waals surface area contributed by atoms with Crippen LogP contribution in [0.25, 0.3) is 11.0 Å². The van der Waals surface area contributed by atoms with Crippen molar-refractivity contribution in [2.75, 3.05) is 4.90 Å². The van der Waals surface area contributed by atoms with E-state index in [0.717, 1.165) is 0 Å². The number of aliphatic hydroxyl groups excluding tert-OH is 1. The van der Waals surface area contributed by atoms with Crippen LogP contribution in [0.1, 0.15) is 64.1 Å². The van der Waals surface area contributed by atoms with Gasteiger partial charge in [0.1, 0.15) is 11.5 Å². The number of aliphatic hydroxyl groups is 1. The summed E-state index contributed by atoms with van der Waals surface area (Å²) in [5.74, 6) is -1.47. The van der Waals surface area contributed by atoms with E-state index in [1.807, 2.05) is 6.92 Å². The van der Waals surface area contributed by atoms with Crippen molar-refractivity contribution in [3.63, 3.8) is 0 Å². The van der Waals surface area contributed by atoms with E-state index in [1.165, 1.54) is 37.2 Å². The number of H-pyrrole nitrogens is 1. The van der Waals surface area contributed by atoms with Gasteiger partial charge < -0.3 is 15.0 Å². The quantitative estimate of drug-likeness (QED) is 0.191. The fourth-order valence-electron chi connectivity index (χ4n) is 4.44. The fourth-order valence-corrected chi connectivity index (χ4v) is 4.44. The van der Waals surface area contributed by atoms with Gasteiger partial charge in [0.15, 0.2) is 5.78 Å². The van der Waals surface area contributed by atoms with Gasteiger partial charge in [-0.2, -0.15) is 0 Å². The predicted molar refractivity (Wildman–Crippen MR) is 133 cm³/mol. The number of carbonyl (C=O) groups excluding carboxylic acids is 2. The molecule has 0 spiro atoms. The number of ketones is 1. The second-order valence-electron chi connectivity index (χ2n) is 9.09. The van der Waals surface area contributed by atoms with Gasteiger partial charge in [-0.3, -0.25) is 9.59 Å². The highest BCUT2D eigenvalue weighted by molar-refractivity contribution is 5.98. The Balaban J connectivity index is 2.06. The largest absolute Gasteiger partial charge is 0.512 e. The Bertz CT molecular complexity index is 1250. The summed E-state index contributed by atoms with van der Waals surface area (Å²) in [5, 5.41) is 10.3. The number of carbonyl (C=O) groups is 2. The Morgan fingerprint density at radius 3 is 2.57 bits per heavy atom. The zero-order valence-electron chi connectivity index (χ0n) is 20.4. The van der Waals surface area contributed by atoms with Crippen molar-refractivity contribution in [3.8, 4) is 0 Å². The lowest BCUT2D eigenvalue weighted by molar-refractivity contribution is -0.114. The van der Waals surface area contributed by atoms with E-state index in [0.29, 0.717) is 48.0 Å². The third kappa shape index (κ3) is 5.93. The standard InChI is InChI=1S/C27H31F2N3O3/c1-5-11-27(4,29)12-10-19-6-8-21(22(28)13-19)26(25(17(2)34)18(3)35)32(16-33)20-7-9-23-24(14-20)31-15-30-23/h6-9,13-16,26,34H,5,10-12H2,1-4H3,(H,30,31)/b25-17+. The second kappa shape index (κ2) is 10.8. The highest BCUT2D eigenvalue weighted by Crippen LogP contribution is 2.36. The van der Waals surface area contributed by atoms with Gasteiger partial charge in [0.05, 0.1) is 34.7 Å². The minimum absolute atomic E-state index is 0.0423. The number of anilines is 1. The number of alkyl halides is 1. The number of benzene rings is 2. The van der Waals surface area contributed by atoms with Crippen molar-refractivity contribution in [1.29, 1.82) is 0 Å². The smallest absolute Gasteiger partial charge is 0.214 e. The summed E-state index contributed by atoms with van der Waals surface area (Å²) in [4.78, 5) is 33.2. The van der Waals surface area contributed by atoms with Crippen molar-refractivity contribution < 1.29 is 23.5 Å². The molecule has 35 heavy (non-hydrogen) atoms. The number of allylic oxidation sites excluding steroid dienone is 1. The van der Waals surface area contributed by atoms with Crippen LogP contribution in [0.4, 0.5) is 14.5 Å². The van der Waals surface area contributed by atoms with Crippen LogP contribution in [-0.4, -0.2) is 32.9 Å². The van der Waals surface area contributed by atoms with Crippen molar-refractivity contribution >= 4 is 28.9 Å². The van der Waals surface area contributed by atoms with Crippen LogP contribution in [0.3, 0.4) is 0 Å². The van der Waals surface area contributed by atoms with E-state index in [9.17, 15) is 19.1 Å². The number of halogens is 2. The van der Waals surface area contributed by atoms with Crippen molar-refractivity contribution in [2.45, 2.75) is 65.1 Å². The summed E-state index contributed by atoms with van der Waals surface area (Å²) in [6.07, 6.45) is 3.75. The zero-order valence-corrected chi connectivity index (χ0v) is 20.4. The third-order valence-corrected chi connectivity index (χ3v) is 6.20. The number of aromatic nitrogens is 2. The van der Waals surface area contributed by atoms with Gasteiger partial charge in [-0.1, -0.05) is 25.5 Å². The number of nitrogens with one attached hydrogen (secondary N) is 1. The first-order valence-corrected chi connectivity index (χ1v) is 11.6. The predicted octanol–water partition coefficient (Wildman–Crippen LogP) is 6.29. The first-order valence-electron chi connectivity index (χ1n) is 11.6. The Hall–Kier alpha value is -3.55. The average molecular weight is 484 g/mol. The molecule has 0 aliphatic carbocycles. The van der Waals surface area contributed by atoms with E-state index in [2.05, 4.69) is 9.97 Å². The van der Waals surface area contributed by atoms with Gasteiger partial charge >= 0.3 is 0 Å². The van der Waals surface area contributed by atoms with Crippen LogP contribution >= 0.6 is 0 Å². The van der Waals surface area contributed by atoms with Crippen LogP contribution in [0, 0.1) is 5.82 Å².